The van der Waals surface area contributed by atoms with Crippen molar-refractivity contribution in [2.24, 2.45) is 5.73 Å². The molecule has 1 atom stereocenters. The first-order chi connectivity index (χ1) is 8.28. The van der Waals surface area contributed by atoms with Gasteiger partial charge in [0, 0.05) is 10.5 Å². The van der Waals surface area contributed by atoms with Crippen molar-refractivity contribution >= 4 is 15.9 Å². The van der Waals surface area contributed by atoms with E-state index in [-0.39, 0.29) is 6.04 Å². The summed E-state index contributed by atoms with van der Waals surface area (Å²) in [5, 5.41) is 0. The average Bonchev–Trinajstić information content (AvgIpc) is 2.23. The number of alkyl halides is 3. The van der Waals surface area contributed by atoms with Gasteiger partial charge in [0.25, 0.3) is 0 Å². The second kappa shape index (κ2) is 6.54. The molecule has 102 valence electrons. The van der Waals surface area contributed by atoms with Crippen molar-refractivity contribution in [3.8, 4) is 0 Å². The number of hydrogen-bond donors (Lipinski definition) is 1. The Morgan fingerprint density at radius 2 is 2.06 bits per heavy atom. The molecule has 1 rings (SSSR count). The summed E-state index contributed by atoms with van der Waals surface area (Å²) in [7, 11) is 1.45. The molecule has 18 heavy (non-hydrogen) atoms. The minimum atomic E-state index is -4.16. The van der Waals surface area contributed by atoms with E-state index in [1.807, 2.05) is 24.3 Å². The van der Waals surface area contributed by atoms with Gasteiger partial charge in [-0.05, 0) is 37.7 Å². The minimum absolute atomic E-state index is 0.252. The van der Waals surface area contributed by atoms with E-state index in [1.165, 1.54) is 11.9 Å². The van der Waals surface area contributed by atoms with Crippen molar-refractivity contribution in [3.05, 3.63) is 34.3 Å². The summed E-state index contributed by atoms with van der Waals surface area (Å²) < 4.78 is 37.3. The van der Waals surface area contributed by atoms with Gasteiger partial charge in [0.1, 0.15) is 0 Å². The number of nitrogens with zero attached hydrogens (tertiary/aromatic N) is 1. The number of hydrogen-bond acceptors (Lipinski definition) is 2. The van der Waals surface area contributed by atoms with Gasteiger partial charge in [-0.3, -0.25) is 4.90 Å². The second-order valence-corrected chi connectivity index (χ2v) is 5.22. The first-order valence-corrected chi connectivity index (χ1v) is 6.33. The zero-order valence-electron chi connectivity index (χ0n) is 10.0. The van der Waals surface area contributed by atoms with Crippen LogP contribution in [0.25, 0.3) is 0 Å². The first kappa shape index (κ1) is 15.5. The van der Waals surface area contributed by atoms with Crippen LogP contribution in [0.2, 0.25) is 0 Å². The lowest BCUT2D eigenvalue weighted by Gasteiger charge is -2.20. The number of nitrogens with two attached hydrogens (primary N) is 1. The third-order valence-electron chi connectivity index (χ3n) is 2.55. The molecule has 1 aromatic rings. The highest BCUT2D eigenvalue weighted by Crippen LogP contribution is 2.20. The van der Waals surface area contributed by atoms with Crippen LogP contribution in [0.3, 0.4) is 0 Å². The van der Waals surface area contributed by atoms with Gasteiger partial charge in [-0.2, -0.15) is 13.2 Å². The molecule has 0 spiro atoms. The Morgan fingerprint density at radius 1 is 1.39 bits per heavy atom. The van der Waals surface area contributed by atoms with Gasteiger partial charge in [-0.25, -0.2) is 0 Å². The molecule has 0 bridgehead atoms. The van der Waals surface area contributed by atoms with Gasteiger partial charge in [-0.1, -0.05) is 28.1 Å². The summed E-state index contributed by atoms with van der Waals surface area (Å²) in [6, 6.07) is 7.25. The van der Waals surface area contributed by atoms with Crippen LogP contribution >= 0.6 is 15.9 Å². The average molecular weight is 325 g/mol. The van der Waals surface area contributed by atoms with Crippen LogP contribution in [-0.2, 0) is 0 Å². The van der Waals surface area contributed by atoms with Gasteiger partial charge < -0.3 is 5.73 Å². The zero-order valence-corrected chi connectivity index (χ0v) is 11.6. The van der Waals surface area contributed by atoms with E-state index < -0.39 is 12.7 Å². The van der Waals surface area contributed by atoms with E-state index in [0.717, 1.165) is 10.0 Å². The molecule has 0 aliphatic rings. The second-order valence-electron chi connectivity index (χ2n) is 4.30. The lowest BCUT2D eigenvalue weighted by atomic mass is 10.0. The fraction of sp³-hybridized carbons (Fsp3) is 0.500. The highest BCUT2D eigenvalue weighted by molar-refractivity contribution is 9.10. The molecule has 0 saturated carbocycles. The van der Waals surface area contributed by atoms with Crippen molar-refractivity contribution in [1.29, 1.82) is 0 Å². The first-order valence-electron chi connectivity index (χ1n) is 5.54. The summed E-state index contributed by atoms with van der Waals surface area (Å²) in [5.74, 6) is 0. The van der Waals surface area contributed by atoms with Crippen LogP contribution in [-0.4, -0.2) is 31.2 Å². The molecule has 1 unspecified atom stereocenters. The molecular formula is C12H16BrF3N2. The number of halogens is 4. The summed E-state index contributed by atoms with van der Waals surface area (Å²) in [5.41, 5.74) is 6.87. The van der Waals surface area contributed by atoms with Crippen LogP contribution in [0.5, 0.6) is 0 Å². The number of benzene rings is 1. The van der Waals surface area contributed by atoms with Crippen molar-refractivity contribution in [2.75, 3.05) is 20.1 Å². The molecular weight excluding hydrogens is 309 g/mol. The smallest absolute Gasteiger partial charge is 0.324 e. The lowest BCUT2D eigenvalue weighted by Crippen LogP contribution is -2.33. The van der Waals surface area contributed by atoms with Gasteiger partial charge in [-0.15, -0.1) is 0 Å². The highest BCUT2D eigenvalue weighted by Gasteiger charge is 2.29. The summed E-state index contributed by atoms with van der Waals surface area (Å²) in [4.78, 5) is 1.23. The lowest BCUT2D eigenvalue weighted by molar-refractivity contribution is -0.143. The highest BCUT2D eigenvalue weighted by atomic mass is 79.9. The Labute approximate surface area is 113 Å². The minimum Gasteiger partial charge on any atom is -0.324 e. The van der Waals surface area contributed by atoms with E-state index in [4.69, 9.17) is 5.73 Å². The summed E-state index contributed by atoms with van der Waals surface area (Å²) in [6.45, 7) is -0.592. The predicted octanol–water partition coefficient (Wildman–Crippen LogP) is 3.33. The molecule has 2 nitrogen and oxygen atoms in total. The summed E-state index contributed by atoms with van der Waals surface area (Å²) in [6.07, 6.45) is -3.67. The molecule has 0 saturated heterocycles. The van der Waals surface area contributed by atoms with Crippen molar-refractivity contribution in [2.45, 2.75) is 18.6 Å². The molecule has 0 aliphatic heterocycles. The van der Waals surface area contributed by atoms with E-state index in [0.29, 0.717) is 13.0 Å². The molecule has 2 N–H and O–H groups in total. The fourth-order valence-corrected chi connectivity index (χ4v) is 2.07. The maximum atomic E-state index is 12.1. The topological polar surface area (TPSA) is 29.3 Å². The van der Waals surface area contributed by atoms with Crippen LogP contribution in [0.1, 0.15) is 18.0 Å². The molecule has 0 fully saturated rings. The normalized spacial score (nSPS) is 13.9. The maximum absolute atomic E-state index is 12.1. The Balaban J connectivity index is 2.44. The van der Waals surface area contributed by atoms with E-state index in [9.17, 15) is 13.2 Å². The van der Waals surface area contributed by atoms with Crippen LogP contribution in [0.4, 0.5) is 13.2 Å². The zero-order chi connectivity index (χ0) is 13.8. The quantitative estimate of drug-likeness (QED) is 0.900. The van der Waals surface area contributed by atoms with E-state index in [2.05, 4.69) is 15.9 Å². The molecule has 0 amide bonds. The van der Waals surface area contributed by atoms with Crippen LogP contribution < -0.4 is 5.73 Å². The van der Waals surface area contributed by atoms with Gasteiger partial charge >= 0.3 is 6.18 Å². The van der Waals surface area contributed by atoms with Gasteiger partial charge in [0.2, 0.25) is 0 Å². The Morgan fingerprint density at radius 3 is 2.61 bits per heavy atom. The van der Waals surface area contributed by atoms with Crippen molar-refractivity contribution < 1.29 is 13.2 Å². The van der Waals surface area contributed by atoms with E-state index >= 15 is 0 Å². The largest absolute Gasteiger partial charge is 0.401 e. The SMILES string of the molecule is CN(CCC(N)c1cccc(Br)c1)CC(F)(F)F. The van der Waals surface area contributed by atoms with Crippen molar-refractivity contribution in [3.63, 3.8) is 0 Å². The molecule has 0 aromatic heterocycles. The molecule has 1 aromatic carbocycles. The Hall–Kier alpha value is -0.590. The monoisotopic (exact) mass is 324 g/mol. The third-order valence-corrected chi connectivity index (χ3v) is 3.04. The third kappa shape index (κ3) is 5.84. The Kier molecular flexibility index (Phi) is 5.62. The van der Waals surface area contributed by atoms with E-state index in [1.54, 1.807) is 0 Å². The molecule has 0 heterocycles. The molecule has 6 heteroatoms. The fourth-order valence-electron chi connectivity index (χ4n) is 1.65. The summed E-state index contributed by atoms with van der Waals surface area (Å²) >= 11 is 3.34. The molecule has 0 aliphatic carbocycles. The standard InChI is InChI=1S/C12H16BrF3N2/c1-18(8-12(14,15)16)6-5-11(17)9-3-2-4-10(13)7-9/h2-4,7,11H,5-6,8,17H2,1H3. The molecule has 0 radical (unpaired) electrons. The number of rotatable bonds is 5. The van der Waals surface area contributed by atoms with Crippen molar-refractivity contribution in [1.82, 2.24) is 4.90 Å². The maximum Gasteiger partial charge on any atom is 0.401 e. The van der Waals surface area contributed by atoms with Crippen LogP contribution in [0, 0.1) is 0 Å². The van der Waals surface area contributed by atoms with Gasteiger partial charge in [0.15, 0.2) is 0 Å². The predicted molar refractivity (Wildman–Crippen MR) is 69.2 cm³/mol. The van der Waals surface area contributed by atoms with Crippen LogP contribution in [0.15, 0.2) is 28.7 Å². The Bertz CT molecular complexity index is 382. The van der Waals surface area contributed by atoms with Gasteiger partial charge in [0.05, 0.1) is 6.54 Å².